The van der Waals surface area contributed by atoms with Crippen molar-refractivity contribution < 1.29 is 32.0 Å². The van der Waals surface area contributed by atoms with Gasteiger partial charge in [0.25, 0.3) is 0 Å². The molecule has 3 aromatic heterocycles. The maximum absolute atomic E-state index is 14.9. The Balaban J connectivity index is 1.09. The van der Waals surface area contributed by atoms with Gasteiger partial charge in [0.15, 0.2) is 11.6 Å². The van der Waals surface area contributed by atoms with E-state index in [4.69, 9.17) is 4.52 Å². The third-order valence-electron chi connectivity index (χ3n) is 7.50. The van der Waals surface area contributed by atoms with Gasteiger partial charge in [0, 0.05) is 48.1 Å². The second-order valence-corrected chi connectivity index (χ2v) is 10.6. The molecule has 0 atom stereocenters. The second kappa shape index (κ2) is 10.4. The summed E-state index contributed by atoms with van der Waals surface area (Å²) in [5, 5.41) is 19.7. The molecule has 2 fully saturated rings. The lowest BCUT2D eigenvalue weighted by Crippen LogP contribution is -2.28. The standard InChI is InChI=1S/C28H26F4N6O3/c29-21-9-17(20-13-33-23(34-14-20)10-19-15-38(7-8-39)36-26(19)16-1-2-16)3-4-18(21)11-25(40)35-24-12-22(41-37-24)27(5-6-27)28(30,31)32/h3-4,9,12-16,39H,1-2,5-8,10-11H2,(H,35,37,40). The monoisotopic (exact) mass is 570 g/mol. The van der Waals surface area contributed by atoms with Crippen molar-refractivity contribution in [2.24, 2.45) is 0 Å². The summed E-state index contributed by atoms with van der Waals surface area (Å²) in [5.41, 5.74) is 1.22. The molecular formula is C28H26F4N6O3. The summed E-state index contributed by atoms with van der Waals surface area (Å²) >= 11 is 0. The number of carbonyl (C=O) groups is 1. The van der Waals surface area contributed by atoms with Crippen LogP contribution in [-0.4, -0.2) is 48.7 Å². The molecule has 41 heavy (non-hydrogen) atoms. The van der Waals surface area contributed by atoms with Crippen molar-refractivity contribution in [3.63, 3.8) is 0 Å². The molecule has 0 unspecified atom stereocenters. The van der Waals surface area contributed by atoms with Crippen LogP contribution in [0.2, 0.25) is 0 Å². The molecular weight excluding hydrogens is 544 g/mol. The molecule has 9 nitrogen and oxygen atoms in total. The first-order valence-electron chi connectivity index (χ1n) is 13.3. The number of aromatic nitrogens is 5. The smallest absolute Gasteiger partial charge is 0.394 e. The number of alkyl halides is 3. The van der Waals surface area contributed by atoms with E-state index in [1.807, 2.05) is 6.20 Å². The van der Waals surface area contributed by atoms with E-state index >= 15 is 0 Å². The zero-order valence-corrected chi connectivity index (χ0v) is 21.8. The summed E-state index contributed by atoms with van der Waals surface area (Å²) in [7, 11) is 0. The zero-order chi connectivity index (χ0) is 28.8. The van der Waals surface area contributed by atoms with Gasteiger partial charge in [-0.2, -0.15) is 18.3 Å². The normalized spacial score (nSPS) is 16.1. The number of aliphatic hydroxyl groups is 1. The molecule has 0 radical (unpaired) electrons. The highest BCUT2D eigenvalue weighted by atomic mass is 19.4. The summed E-state index contributed by atoms with van der Waals surface area (Å²) in [6.07, 6.45) is 2.80. The van der Waals surface area contributed by atoms with Crippen LogP contribution in [0, 0.1) is 5.82 Å². The number of aliphatic hydroxyl groups excluding tert-OH is 1. The summed E-state index contributed by atoms with van der Waals surface area (Å²) in [4.78, 5) is 21.3. The molecule has 0 saturated heterocycles. The predicted octanol–water partition coefficient (Wildman–Crippen LogP) is 4.70. The van der Waals surface area contributed by atoms with Gasteiger partial charge in [-0.1, -0.05) is 17.3 Å². The number of anilines is 1. The fourth-order valence-electron chi connectivity index (χ4n) is 4.88. The first kappa shape index (κ1) is 27.1. The number of halogens is 4. The number of carbonyl (C=O) groups excluding carboxylic acids is 1. The maximum Gasteiger partial charge on any atom is 0.401 e. The van der Waals surface area contributed by atoms with E-state index in [-0.39, 0.29) is 43.0 Å². The Morgan fingerprint density at radius 1 is 1.12 bits per heavy atom. The number of rotatable bonds is 10. The summed E-state index contributed by atoms with van der Waals surface area (Å²) < 4.78 is 61.3. The number of hydrogen-bond acceptors (Lipinski definition) is 7. The van der Waals surface area contributed by atoms with Crippen LogP contribution in [0.4, 0.5) is 23.4 Å². The maximum atomic E-state index is 14.9. The Hall–Kier alpha value is -4.13. The van der Waals surface area contributed by atoms with E-state index in [1.165, 1.54) is 12.1 Å². The number of nitrogens with one attached hydrogen (secondary N) is 1. The molecule has 2 aliphatic carbocycles. The van der Waals surface area contributed by atoms with Gasteiger partial charge in [-0.25, -0.2) is 14.4 Å². The minimum atomic E-state index is -4.46. The van der Waals surface area contributed by atoms with Gasteiger partial charge < -0.3 is 14.9 Å². The first-order valence-corrected chi connectivity index (χ1v) is 13.3. The SMILES string of the molecule is O=C(Cc1ccc(-c2cnc(Cc3cn(CCO)nc3C3CC3)nc2)cc1F)Nc1cc(C2(C(F)(F)F)CC2)on1. The minimum absolute atomic E-state index is 0.00478. The van der Waals surface area contributed by atoms with Crippen molar-refractivity contribution in [2.45, 2.75) is 62.6 Å². The Bertz CT molecular complexity index is 1570. The highest BCUT2D eigenvalue weighted by Gasteiger charge is 2.66. The van der Waals surface area contributed by atoms with Gasteiger partial charge in [-0.05, 0) is 42.9 Å². The Labute approximate surface area is 231 Å². The lowest BCUT2D eigenvalue weighted by atomic mass is 10.0. The molecule has 2 saturated carbocycles. The van der Waals surface area contributed by atoms with Crippen molar-refractivity contribution in [1.82, 2.24) is 24.9 Å². The van der Waals surface area contributed by atoms with E-state index in [1.54, 1.807) is 23.1 Å². The molecule has 0 spiro atoms. The Kier molecular flexibility index (Phi) is 6.84. The summed E-state index contributed by atoms with van der Waals surface area (Å²) in [6, 6.07) is 5.45. The van der Waals surface area contributed by atoms with Gasteiger partial charge in [-0.15, -0.1) is 0 Å². The third kappa shape index (κ3) is 5.58. The number of amides is 1. The van der Waals surface area contributed by atoms with Crippen LogP contribution in [0.15, 0.2) is 47.4 Å². The van der Waals surface area contributed by atoms with Crippen LogP contribution in [0.3, 0.4) is 0 Å². The predicted molar refractivity (Wildman–Crippen MR) is 137 cm³/mol. The highest BCUT2D eigenvalue weighted by molar-refractivity contribution is 5.91. The van der Waals surface area contributed by atoms with Crippen molar-refractivity contribution in [1.29, 1.82) is 0 Å². The van der Waals surface area contributed by atoms with Crippen molar-refractivity contribution in [3.8, 4) is 11.1 Å². The van der Waals surface area contributed by atoms with Gasteiger partial charge in [0.2, 0.25) is 5.91 Å². The molecule has 2 aliphatic rings. The summed E-state index contributed by atoms with van der Waals surface area (Å²) in [5.74, 6) is -0.739. The van der Waals surface area contributed by atoms with E-state index in [0.717, 1.165) is 30.2 Å². The van der Waals surface area contributed by atoms with E-state index in [9.17, 15) is 27.5 Å². The lowest BCUT2D eigenvalue weighted by Gasteiger charge is -2.14. The van der Waals surface area contributed by atoms with Gasteiger partial charge in [0.1, 0.15) is 17.1 Å². The highest BCUT2D eigenvalue weighted by Crippen LogP contribution is 2.59. The third-order valence-corrected chi connectivity index (χ3v) is 7.50. The molecule has 1 aromatic carbocycles. The number of nitrogens with zero attached hydrogens (tertiary/aromatic N) is 5. The molecule has 2 N–H and O–H groups in total. The first-order chi connectivity index (χ1) is 19.6. The second-order valence-electron chi connectivity index (χ2n) is 10.6. The molecule has 13 heteroatoms. The van der Waals surface area contributed by atoms with Crippen LogP contribution in [0.25, 0.3) is 11.1 Å². The van der Waals surface area contributed by atoms with Crippen LogP contribution in [0.1, 0.15) is 60.0 Å². The van der Waals surface area contributed by atoms with Crippen LogP contribution in [-0.2, 0) is 29.6 Å². The largest absolute Gasteiger partial charge is 0.401 e. The average molecular weight is 571 g/mol. The molecule has 214 valence electrons. The van der Waals surface area contributed by atoms with Crippen molar-refractivity contribution in [2.75, 3.05) is 11.9 Å². The lowest BCUT2D eigenvalue weighted by molar-refractivity contribution is -0.165. The van der Waals surface area contributed by atoms with Crippen molar-refractivity contribution >= 4 is 11.7 Å². The quantitative estimate of drug-likeness (QED) is 0.265. The van der Waals surface area contributed by atoms with Crippen LogP contribution >= 0.6 is 0 Å². The topological polar surface area (TPSA) is 119 Å². The van der Waals surface area contributed by atoms with Gasteiger partial charge >= 0.3 is 6.18 Å². The van der Waals surface area contributed by atoms with E-state index < -0.39 is 23.3 Å². The Morgan fingerprint density at radius 2 is 1.88 bits per heavy atom. The van der Waals surface area contributed by atoms with Crippen LogP contribution < -0.4 is 5.32 Å². The summed E-state index contributed by atoms with van der Waals surface area (Å²) in [6.45, 7) is 0.428. The van der Waals surface area contributed by atoms with Crippen molar-refractivity contribution in [3.05, 3.63) is 77.1 Å². The fraction of sp³-hybridized carbons (Fsp3) is 0.393. The zero-order valence-electron chi connectivity index (χ0n) is 21.8. The van der Waals surface area contributed by atoms with Crippen LogP contribution in [0.5, 0.6) is 0 Å². The fourth-order valence-corrected chi connectivity index (χ4v) is 4.88. The average Bonchev–Trinajstić information content (AvgIpc) is 3.85. The van der Waals surface area contributed by atoms with E-state index in [0.29, 0.717) is 35.8 Å². The minimum Gasteiger partial charge on any atom is -0.394 e. The Morgan fingerprint density at radius 3 is 2.51 bits per heavy atom. The molecule has 3 heterocycles. The molecule has 0 aliphatic heterocycles. The molecule has 0 bridgehead atoms. The van der Waals surface area contributed by atoms with E-state index in [2.05, 4.69) is 25.5 Å². The molecule has 1 amide bonds. The van der Waals surface area contributed by atoms with Gasteiger partial charge in [-0.3, -0.25) is 9.48 Å². The number of hydrogen-bond donors (Lipinski definition) is 2. The molecule has 6 rings (SSSR count). The number of benzene rings is 1. The van der Waals surface area contributed by atoms with Gasteiger partial charge in [0.05, 0.1) is 25.3 Å². The molecule has 4 aromatic rings.